The van der Waals surface area contributed by atoms with E-state index >= 15 is 0 Å². The highest BCUT2D eigenvalue weighted by Crippen LogP contribution is 2.46. The molecule has 1 fully saturated rings. The molecule has 1 aromatic heterocycles. The van der Waals surface area contributed by atoms with Gasteiger partial charge in [-0.2, -0.15) is 0 Å². The fourth-order valence-corrected chi connectivity index (χ4v) is 6.49. The number of fused-ring (bicyclic) bond motifs is 3. The van der Waals surface area contributed by atoms with Crippen molar-refractivity contribution in [2.75, 3.05) is 6.61 Å². The molecule has 5 rings (SSSR count). The molecular weight excluding hydrogens is 443 g/mol. The third-order valence-corrected chi connectivity index (χ3v) is 8.28. The lowest BCUT2D eigenvalue weighted by Gasteiger charge is -2.24. The van der Waals surface area contributed by atoms with Crippen LogP contribution in [0.2, 0.25) is 0 Å². The molecule has 1 heterocycles. The summed E-state index contributed by atoms with van der Waals surface area (Å²) in [5.74, 6) is 0.275. The van der Waals surface area contributed by atoms with Gasteiger partial charge in [0.1, 0.15) is 5.01 Å². The third kappa shape index (κ3) is 4.46. The van der Waals surface area contributed by atoms with Gasteiger partial charge in [0.15, 0.2) is 0 Å². The summed E-state index contributed by atoms with van der Waals surface area (Å²) in [4.78, 5) is 24.2. The van der Waals surface area contributed by atoms with E-state index in [0.717, 1.165) is 29.8 Å². The Labute approximate surface area is 191 Å². The summed E-state index contributed by atoms with van der Waals surface area (Å²) in [7, 11) is -4.51. The van der Waals surface area contributed by atoms with Crippen LogP contribution in [0.25, 0.3) is 21.0 Å². The average molecular weight is 471 g/mol. The fourth-order valence-electron chi connectivity index (χ4n) is 4.89. The van der Waals surface area contributed by atoms with Crippen LogP contribution >= 0.6 is 19.2 Å². The lowest BCUT2D eigenvalue weighted by atomic mass is 9.87. The van der Waals surface area contributed by atoms with Gasteiger partial charge in [-0.15, -0.1) is 11.3 Å². The molecule has 0 bridgehead atoms. The van der Waals surface area contributed by atoms with Crippen LogP contribution in [0, 0.1) is 6.92 Å². The maximum atomic E-state index is 11.1. The minimum absolute atomic E-state index is 0.120. The standard InChI is InChI=1S/C24H27N2O4PS/c1-15-2-4-16(5-3-15)23-26-21-9-7-18-12-17(6-8-20(18)22(21)32-23)19-10-11-24(25,13-19)14-30-31(27,28)29/h2-6,8,12,19H,7,9-11,13-14,25H2,1H3,(H2,27,28,29)/t19-,24+/m0/s1. The van der Waals surface area contributed by atoms with Crippen LogP contribution in [0.15, 0.2) is 42.5 Å². The maximum absolute atomic E-state index is 11.1. The summed E-state index contributed by atoms with van der Waals surface area (Å²) in [5, 5.41) is 1.07. The van der Waals surface area contributed by atoms with Crippen molar-refractivity contribution in [1.29, 1.82) is 0 Å². The van der Waals surface area contributed by atoms with Crippen LogP contribution in [0.5, 0.6) is 0 Å². The van der Waals surface area contributed by atoms with Crippen LogP contribution in [0.3, 0.4) is 0 Å². The van der Waals surface area contributed by atoms with E-state index in [0.29, 0.717) is 12.8 Å². The molecule has 4 N–H and O–H groups in total. The molecular formula is C24H27N2O4PS. The first-order valence-electron chi connectivity index (χ1n) is 10.9. The van der Waals surface area contributed by atoms with E-state index < -0.39 is 13.4 Å². The molecule has 0 aliphatic heterocycles. The Morgan fingerprint density at radius 1 is 1.22 bits per heavy atom. The van der Waals surface area contributed by atoms with Gasteiger partial charge in [0.05, 0.1) is 17.2 Å². The van der Waals surface area contributed by atoms with Crippen molar-refractivity contribution in [3.8, 4) is 21.0 Å². The van der Waals surface area contributed by atoms with E-state index in [1.807, 2.05) is 0 Å². The van der Waals surface area contributed by atoms with E-state index in [1.165, 1.54) is 32.8 Å². The van der Waals surface area contributed by atoms with Gasteiger partial charge < -0.3 is 15.5 Å². The highest BCUT2D eigenvalue weighted by molar-refractivity contribution is 7.46. The molecule has 0 amide bonds. The van der Waals surface area contributed by atoms with E-state index in [2.05, 4.69) is 49.4 Å². The predicted octanol–water partition coefficient (Wildman–Crippen LogP) is 4.96. The van der Waals surface area contributed by atoms with Crippen LogP contribution < -0.4 is 5.73 Å². The molecule has 0 spiro atoms. The fraction of sp³-hybridized carbons (Fsp3) is 0.375. The zero-order chi connectivity index (χ0) is 22.5. The first kappa shape index (κ1) is 22.0. The number of aryl methyl sites for hydroxylation is 3. The van der Waals surface area contributed by atoms with Crippen LogP contribution in [-0.4, -0.2) is 26.9 Å². The molecule has 0 saturated heterocycles. The number of phosphoric acid groups is 1. The monoisotopic (exact) mass is 470 g/mol. The molecule has 2 aliphatic carbocycles. The second-order valence-electron chi connectivity index (χ2n) is 9.14. The highest BCUT2D eigenvalue weighted by Gasteiger charge is 2.38. The number of thiazole rings is 1. The van der Waals surface area contributed by atoms with Crippen molar-refractivity contribution in [1.82, 2.24) is 4.98 Å². The number of rotatable bonds is 5. The van der Waals surface area contributed by atoms with Gasteiger partial charge in [-0.1, -0.05) is 48.0 Å². The molecule has 32 heavy (non-hydrogen) atoms. The summed E-state index contributed by atoms with van der Waals surface area (Å²) in [6, 6.07) is 15.2. The van der Waals surface area contributed by atoms with Crippen molar-refractivity contribution >= 4 is 19.2 Å². The molecule has 6 nitrogen and oxygen atoms in total. The molecule has 168 valence electrons. The van der Waals surface area contributed by atoms with Crippen molar-refractivity contribution in [3.05, 3.63) is 64.8 Å². The van der Waals surface area contributed by atoms with Gasteiger partial charge in [0.2, 0.25) is 0 Å². The number of benzene rings is 2. The van der Waals surface area contributed by atoms with Crippen molar-refractivity contribution in [3.63, 3.8) is 0 Å². The Hall–Kier alpha value is -1.86. The zero-order valence-corrected chi connectivity index (χ0v) is 19.7. The van der Waals surface area contributed by atoms with Crippen molar-refractivity contribution < 1.29 is 18.9 Å². The van der Waals surface area contributed by atoms with Gasteiger partial charge in [-0.25, -0.2) is 9.55 Å². The topological polar surface area (TPSA) is 106 Å². The molecule has 1 saturated carbocycles. The Morgan fingerprint density at radius 3 is 2.75 bits per heavy atom. The number of hydrogen-bond donors (Lipinski definition) is 3. The first-order valence-corrected chi connectivity index (χ1v) is 13.2. The summed E-state index contributed by atoms with van der Waals surface area (Å²) >= 11 is 1.76. The quantitative estimate of drug-likeness (QED) is 0.455. The minimum Gasteiger partial charge on any atom is -0.323 e. The SMILES string of the molecule is Cc1ccc(-c2nc3c(s2)-c2ccc([C@H]4CC[C@](N)(COP(=O)(O)O)C4)cc2CC3)cc1. The second kappa shape index (κ2) is 8.17. The summed E-state index contributed by atoms with van der Waals surface area (Å²) < 4.78 is 15.8. The highest BCUT2D eigenvalue weighted by atomic mass is 32.1. The Bertz CT molecular complexity index is 1200. The van der Waals surface area contributed by atoms with Gasteiger partial charge in [-0.05, 0) is 61.6 Å². The third-order valence-electron chi connectivity index (χ3n) is 6.64. The molecule has 2 aromatic carbocycles. The van der Waals surface area contributed by atoms with Crippen molar-refractivity contribution in [2.24, 2.45) is 5.73 Å². The maximum Gasteiger partial charge on any atom is 0.469 e. The molecule has 3 aromatic rings. The van der Waals surface area contributed by atoms with E-state index in [9.17, 15) is 4.57 Å². The summed E-state index contributed by atoms with van der Waals surface area (Å²) in [6.07, 6.45) is 4.15. The molecule has 2 aliphatic rings. The lowest BCUT2D eigenvalue weighted by Crippen LogP contribution is -2.41. The number of nitrogens with zero attached hydrogens (tertiary/aromatic N) is 1. The van der Waals surface area contributed by atoms with Gasteiger partial charge >= 0.3 is 7.82 Å². The minimum atomic E-state index is -4.51. The second-order valence-corrected chi connectivity index (χ2v) is 11.4. The van der Waals surface area contributed by atoms with E-state index in [-0.39, 0.29) is 12.5 Å². The van der Waals surface area contributed by atoms with Crippen LogP contribution in [0.4, 0.5) is 0 Å². The summed E-state index contributed by atoms with van der Waals surface area (Å²) in [5.41, 5.74) is 13.1. The first-order chi connectivity index (χ1) is 15.2. The van der Waals surface area contributed by atoms with Crippen molar-refractivity contribution in [2.45, 2.75) is 50.5 Å². The van der Waals surface area contributed by atoms with E-state index in [1.54, 1.807) is 11.3 Å². The van der Waals surface area contributed by atoms with Gasteiger partial charge in [0.25, 0.3) is 0 Å². The largest absolute Gasteiger partial charge is 0.469 e. The number of aromatic nitrogens is 1. The Morgan fingerprint density at radius 2 is 2.00 bits per heavy atom. The zero-order valence-electron chi connectivity index (χ0n) is 18.0. The molecule has 0 unspecified atom stereocenters. The normalized spacial score (nSPS) is 22.6. The Kier molecular flexibility index (Phi) is 5.61. The Balaban J connectivity index is 1.37. The summed E-state index contributed by atoms with van der Waals surface area (Å²) in [6.45, 7) is 1.97. The smallest absolute Gasteiger partial charge is 0.323 e. The van der Waals surface area contributed by atoms with Crippen LogP contribution in [-0.2, 0) is 21.9 Å². The van der Waals surface area contributed by atoms with Crippen LogP contribution in [0.1, 0.15) is 47.6 Å². The van der Waals surface area contributed by atoms with E-state index in [4.69, 9.17) is 25.0 Å². The number of hydrogen-bond acceptors (Lipinski definition) is 5. The average Bonchev–Trinajstić information content (AvgIpc) is 3.37. The van der Waals surface area contributed by atoms with Gasteiger partial charge in [-0.3, -0.25) is 4.52 Å². The molecule has 2 atom stereocenters. The number of nitrogens with two attached hydrogens (primary N) is 1. The lowest BCUT2D eigenvalue weighted by molar-refractivity contribution is 0.153. The van der Waals surface area contributed by atoms with Gasteiger partial charge in [0, 0.05) is 11.1 Å². The predicted molar refractivity (Wildman–Crippen MR) is 127 cm³/mol. The molecule has 8 heteroatoms. The molecule has 0 radical (unpaired) electrons. The number of phosphoric ester groups is 1.